The Kier molecular flexibility index (Phi) is 5.99. The summed E-state index contributed by atoms with van der Waals surface area (Å²) in [5.41, 5.74) is -0.171. The van der Waals surface area contributed by atoms with Gasteiger partial charge in [0.05, 0.1) is 11.1 Å². The summed E-state index contributed by atoms with van der Waals surface area (Å²) in [6.07, 6.45) is 0. The van der Waals surface area contributed by atoms with Gasteiger partial charge in [-0.05, 0) is 98.1 Å². The van der Waals surface area contributed by atoms with Gasteiger partial charge >= 0.3 is 11.9 Å². The molecular formula is C14H6FI3O4. The number of ether oxygens (including phenoxy) is 1. The molecule has 114 valence electrons. The average molecular weight is 638 g/mol. The molecule has 1 N–H and O–H groups in total. The number of carboxylic acids is 1. The van der Waals surface area contributed by atoms with Crippen LogP contribution in [-0.4, -0.2) is 17.0 Å². The van der Waals surface area contributed by atoms with Crippen molar-refractivity contribution in [3.05, 3.63) is 58.0 Å². The fourth-order valence-corrected chi connectivity index (χ4v) is 3.97. The zero-order chi connectivity index (χ0) is 16.4. The molecule has 0 amide bonds. The van der Waals surface area contributed by atoms with E-state index >= 15 is 0 Å². The van der Waals surface area contributed by atoms with Crippen LogP contribution in [0.25, 0.3) is 0 Å². The Balaban J connectivity index is 2.34. The summed E-state index contributed by atoms with van der Waals surface area (Å²) in [5.74, 6) is -2.95. The lowest BCUT2D eigenvalue weighted by Crippen LogP contribution is -2.12. The summed E-state index contributed by atoms with van der Waals surface area (Å²) < 4.78 is 21.0. The zero-order valence-corrected chi connectivity index (χ0v) is 17.0. The Labute approximate surface area is 165 Å². The molecule has 0 unspecified atom stereocenters. The van der Waals surface area contributed by atoms with E-state index < -0.39 is 23.3 Å². The molecule has 2 rings (SSSR count). The third-order valence-electron chi connectivity index (χ3n) is 2.59. The highest BCUT2D eigenvalue weighted by Gasteiger charge is 2.18. The summed E-state index contributed by atoms with van der Waals surface area (Å²) in [5, 5.41) is 8.87. The van der Waals surface area contributed by atoms with Crippen molar-refractivity contribution in [1.82, 2.24) is 0 Å². The van der Waals surface area contributed by atoms with E-state index in [2.05, 4.69) is 45.2 Å². The molecule has 0 bridgehead atoms. The maximum atomic E-state index is 13.3. The normalized spacial score (nSPS) is 10.4. The number of carbonyl (C=O) groups excluding carboxylic acids is 1. The van der Waals surface area contributed by atoms with Crippen LogP contribution in [0, 0.1) is 16.5 Å². The van der Waals surface area contributed by atoms with E-state index in [9.17, 15) is 14.0 Å². The van der Waals surface area contributed by atoms with Crippen molar-refractivity contribution in [3.63, 3.8) is 0 Å². The molecule has 0 atom stereocenters. The van der Waals surface area contributed by atoms with Crippen molar-refractivity contribution in [3.8, 4) is 5.75 Å². The molecule has 0 spiro atoms. The van der Waals surface area contributed by atoms with Gasteiger partial charge in [-0.3, -0.25) is 0 Å². The topological polar surface area (TPSA) is 63.6 Å². The van der Waals surface area contributed by atoms with Crippen LogP contribution in [0.5, 0.6) is 5.75 Å². The number of carboxylic acid groups (broad SMARTS) is 1. The molecular weight excluding hydrogens is 632 g/mol. The van der Waals surface area contributed by atoms with Crippen molar-refractivity contribution in [1.29, 1.82) is 0 Å². The Morgan fingerprint density at radius 3 is 2.36 bits per heavy atom. The number of rotatable bonds is 3. The monoisotopic (exact) mass is 638 g/mol. The van der Waals surface area contributed by atoms with Gasteiger partial charge in [0.15, 0.2) is 0 Å². The molecule has 0 fully saturated rings. The highest BCUT2D eigenvalue weighted by Crippen LogP contribution is 2.25. The number of hydrogen-bond acceptors (Lipinski definition) is 3. The van der Waals surface area contributed by atoms with Crippen molar-refractivity contribution in [2.24, 2.45) is 0 Å². The van der Waals surface area contributed by atoms with E-state index in [-0.39, 0.29) is 5.75 Å². The Morgan fingerprint density at radius 2 is 1.73 bits per heavy atom. The minimum absolute atomic E-state index is 0.0199. The first-order valence-corrected chi connectivity index (χ1v) is 8.93. The molecule has 2 aromatic carbocycles. The zero-order valence-electron chi connectivity index (χ0n) is 10.6. The summed E-state index contributed by atoms with van der Waals surface area (Å²) >= 11 is 6.23. The maximum absolute atomic E-state index is 13.3. The third-order valence-corrected chi connectivity index (χ3v) is 6.26. The van der Waals surface area contributed by atoms with E-state index in [0.29, 0.717) is 5.56 Å². The molecule has 8 heteroatoms. The summed E-state index contributed by atoms with van der Waals surface area (Å²) in [7, 11) is 0. The Bertz CT molecular complexity index is 777. The highest BCUT2D eigenvalue weighted by atomic mass is 127. The predicted octanol–water partition coefficient (Wildman–Crippen LogP) is 4.56. The lowest BCUT2D eigenvalue weighted by atomic mass is 10.2. The summed E-state index contributed by atoms with van der Waals surface area (Å²) in [6, 6.07) is 6.75. The Morgan fingerprint density at radius 1 is 1.05 bits per heavy atom. The second-order valence-electron chi connectivity index (χ2n) is 4.09. The van der Waals surface area contributed by atoms with Gasteiger partial charge in [0.1, 0.15) is 11.6 Å². The van der Waals surface area contributed by atoms with Gasteiger partial charge in [0, 0.05) is 10.7 Å². The fraction of sp³-hybridized carbons (Fsp3) is 0. The second kappa shape index (κ2) is 7.38. The predicted molar refractivity (Wildman–Crippen MR) is 103 cm³/mol. The molecule has 0 aliphatic carbocycles. The summed E-state index contributed by atoms with van der Waals surface area (Å²) in [6.45, 7) is 0. The van der Waals surface area contributed by atoms with Gasteiger partial charge in [-0.1, -0.05) is 0 Å². The van der Waals surface area contributed by atoms with E-state index in [0.717, 1.165) is 22.8 Å². The molecule has 2 aromatic rings. The molecule has 0 saturated heterocycles. The first kappa shape index (κ1) is 17.8. The van der Waals surface area contributed by atoms with Crippen LogP contribution >= 0.6 is 67.8 Å². The van der Waals surface area contributed by atoms with Gasteiger partial charge < -0.3 is 9.84 Å². The minimum atomic E-state index is -1.42. The van der Waals surface area contributed by atoms with Gasteiger partial charge in [0.2, 0.25) is 0 Å². The van der Waals surface area contributed by atoms with E-state index in [1.54, 1.807) is 6.07 Å². The highest BCUT2D eigenvalue weighted by molar-refractivity contribution is 14.1. The maximum Gasteiger partial charge on any atom is 0.344 e. The van der Waals surface area contributed by atoms with Crippen LogP contribution in [-0.2, 0) is 0 Å². The molecule has 0 aromatic heterocycles. The van der Waals surface area contributed by atoms with Gasteiger partial charge in [-0.2, -0.15) is 0 Å². The molecule has 22 heavy (non-hydrogen) atoms. The molecule has 0 aliphatic heterocycles. The number of aromatic carboxylic acids is 1. The van der Waals surface area contributed by atoms with Crippen LogP contribution in [0.2, 0.25) is 0 Å². The quantitative estimate of drug-likeness (QED) is 0.232. The van der Waals surface area contributed by atoms with Crippen LogP contribution in [0.3, 0.4) is 0 Å². The smallest absolute Gasteiger partial charge is 0.344 e. The number of esters is 1. The van der Waals surface area contributed by atoms with Gasteiger partial charge in [-0.25, -0.2) is 14.0 Å². The number of carbonyl (C=O) groups is 2. The minimum Gasteiger partial charge on any atom is -0.478 e. The SMILES string of the molecule is O=C(O)c1cc(OC(=O)c2cc(I)cc(I)c2I)ccc1F. The number of benzene rings is 2. The molecule has 0 radical (unpaired) electrons. The molecule has 4 nitrogen and oxygen atoms in total. The van der Waals surface area contributed by atoms with E-state index in [4.69, 9.17) is 9.84 Å². The van der Waals surface area contributed by atoms with Crippen molar-refractivity contribution in [2.45, 2.75) is 0 Å². The molecule has 0 saturated carbocycles. The van der Waals surface area contributed by atoms with E-state index in [1.807, 2.05) is 28.7 Å². The lowest BCUT2D eigenvalue weighted by Gasteiger charge is -2.09. The third kappa shape index (κ3) is 4.07. The molecule has 0 heterocycles. The fourth-order valence-electron chi connectivity index (χ4n) is 1.60. The van der Waals surface area contributed by atoms with Gasteiger partial charge in [0.25, 0.3) is 0 Å². The van der Waals surface area contributed by atoms with E-state index in [1.165, 1.54) is 6.07 Å². The first-order valence-electron chi connectivity index (χ1n) is 5.69. The number of hydrogen-bond donors (Lipinski definition) is 1. The van der Waals surface area contributed by atoms with Crippen LogP contribution < -0.4 is 4.74 Å². The standard InChI is InChI=1S/C14H6FI3O4/c15-10-2-1-7(5-8(10)13(19)20)22-14(21)9-3-6(16)4-11(17)12(9)18/h1-5H,(H,19,20). The summed E-state index contributed by atoms with van der Waals surface area (Å²) in [4.78, 5) is 23.1. The van der Waals surface area contributed by atoms with Crippen LogP contribution in [0.15, 0.2) is 30.3 Å². The lowest BCUT2D eigenvalue weighted by molar-refractivity contribution is 0.0682. The van der Waals surface area contributed by atoms with Crippen molar-refractivity contribution >= 4 is 79.7 Å². The first-order chi connectivity index (χ1) is 10.3. The van der Waals surface area contributed by atoms with Gasteiger partial charge in [-0.15, -0.1) is 0 Å². The van der Waals surface area contributed by atoms with Crippen LogP contribution in [0.4, 0.5) is 4.39 Å². The van der Waals surface area contributed by atoms with Crippen molar-refractivity contribution in [2.75, 3.05) is 0 Å². The largest absolute Gasteiger partial charge is 0.478 e. The van der Waals surface area contributed by atoms with Crippen LogP contribution in [0.1, 0.15) is 20.7 Å². The second-order valence-corrected chi connectivity index (χ2v) is 7.57. The van der Waals surface area contributed by atoms with Crippen molar-refractivity contribution < 1.29 is 23.8 Å². The number of halogens is 4. The molecule has 0 aliphatic rings. The Hall–Kier alpha value is -0.500. The average Bonchev–Trinajstić information content (AvgIpc) is 2.44.